The van der Waals surface area contributed by atoms with Gasteiger partial charge in [0.15, 0.2) is 0 Å². The highest BCUT2D eigenvalue weighted by Gasteiger charge is 2.26. The second-order valence-electron chi connectivity index (χ2n) is 6.52. The molecule has 2 heterocycles. The van der Waals surface area contributed by atoms with Gasteiger partial charge >= 0.3 is 0 Å². The fourth-order valence-electron chi connectivity index (χ4n) is 3.43. The summed E-state index contributed by atoms with van der Waals surface area (Å²) < 4.78 is 0. The van der Waals surface area contributed by atoms with Crippen LogP contribution in [0.1, 0.15) is 38.5 Å². The maximum absolute atomic E-state index is 3.60. The van der Waals surface area contributed by atoms with Crippen LogP contribution in [0.2, 0.25) is 0 Å². The van der Waals surface area contributed by atoms with Gasteiger partial charge < -0.3 is 15.1 Å². The van der Waals surface area contributed by atoms with Gasteiger partial charge in [-0.15, -0.1) is 0 Å². The Morgan fingerprint density at radius 1 is 0.944 bits per heavy atom. The van der Waals surface area contributed by atoms with Gasteiger partial charge in [0.1, 0.15) is 0 Å². The number of rotatable bonds is 6. The minimum Gasteiger partial charge on any atom is -0.314 e. The van der Waals surface area contributed by atoms with E-state index in [1.165, 1.54) is 84.3 Å². The molecule has 0 amide bonds. The Bertz CT molecular complexity index is 238. The fourth-order valence-corrected chi connectivity index (χ4v) is 3.43. The molecule has 1 aliphatic carbocycles. The van der Waals surface area contributed by atoms with Gasteiger partial charge in [-0.2, -0.15) is 0 Å². The molecule has 104 valence electrons. The van der Waals surface area contributed by atoms with E-state index in [0.29, 0.717) is 0 Å². The zero-order valence-electron chi connectivity index (χ0n) is 11.7. The van der Waals surface area contributed by atoms with E-state index in [0.717, 1.165) is 12.0 Å². The quantitative estimate of drug-likeness (QED) is 0.773. The van der Waals surface area contributed by atoms with Crippen LogP contribution >= 0.6 is 0 Å². The standard InChI is InChI=1S/C15H29N3/c1-3-15(16-7-1)4-2-8-17-9-11-18(12-10-17)13-14-5-6-14/h14-16H,1-13H2. The summed E-state index contributed by atoms with van der Waals surface area (Å²) in [4.78, 5) is 5.37. The first-order chi connectivity index (χ1) is 8.90. The Morgan fingerprint density at radius 3 is 2.39 bits per heavy atom. The molecule has 3 fully saturated rings. The molecule has 1 saturated carbocycles. The van der Waals surface area contributed by atoms with Crippen LogP contribution in [-0.4, -0.2) is 61.7 Å². The molecule has 0 spiro atoms. The van der Waals surface area contributed by atoms with Crippen molar-refractivity contribution in [3.05, 3.63) is 0 Å². The van der Waals surface area contributed by atoms with Crippen LogP contribution in [0, 0.1) is 5.92 Å². The summed E-state index contributed by atoms with van der Waals surface area (Å²) in [5, 5.41) is 3.60. The molecule has 3 nitrogen and oxygen atoms in total. The van der Waals surface area contributed by atoms with E-state index in [1.807, 2.05) is 0 Å². The molecular formula is C15H29N3. The van der Waals surface area contributed by atoms with Gasteiger partial charge in [0.05, 0.1) is 0 Å². The van der Waals surface area contributed by atoms with Crippen LogP contribution in [0.4, 0.5) is 0 Å². The third-order valence-corrected chi connectivity index (χ3v) is 4.87. The fraction of sp³-hybridized carbons (Fsp3) is 1.00. The first-order valence-electron chi connectivity index (χ1n) is 8.08. The minimum atomic E-state index is 0.834. The molecule has 3 aliphatic rings. The minimum absolute atomic E-state index is 0.834. The lowest BCUT2D eigenvalue weighted by molar-refractivity contribution is 0.126. The Balaban J connectivity index is 1.25. The Hall–Kier alpha value is -0.120. The Kier molecular flexibility index (Phi) is 4.55. The van der Waals surface area contributed by atoms with Gasteiger partial charge in [0.25, 0.3) is 0 Å². The highest BCUT2D eigenvalue weighted by molar-refractivity contribution is 4.81. The average Bonchev–Trinajstić information content (AvgIpc) is 3.05. The molecule has 1 N–H and O–H groups in total. The predicted molar refractivity (Wildman–Crippen MR) is 75.9 cm³/mol. The van der Waals surface area contributed by atoms with Crippen LogP contribution in [0.5, 0.6) is 0 Å². The number of nitrogens with one attached hydrogen (secondary N) is 1. The monoisotopic (exact) mass is 251 g/mol. The van der Waals surface area contributed by atoms with E-state index in [2.05, 4.69) is 15.1 Å². The maximum atomic E-state index is 3.60. The van der Waals surface area contributed by atoms with E-state index >= 15 is 0 Å². The van der Waals surface area contributed by atoms with Crippen LogP contribution in [0.3, 0.4) is 0 Å². The van der Waals surface area contributed by atoms with Gasteiger partial charge in [-0.3, -0.25) is 0 Å². The average molecular weight is 251 g/mol. The van der Waals surface area contributed by atoms with Crippen LogP contribution in [0.25, 0.3) is 0 Å². The molecule has 0 radical (unpaired) electrons. The Morgan fingerprint density at radius 2 is 1.72 bits per heavy atom. The van der Waals surface area contributed by atoms with E-state index < -0.39 is 0 Å². The van der Waals surface area contributed by atoms with E-state index in [4.69, 9.17) is 0 Å². The SMILES string of the molecule is C1CNC(CCCN2CCN(CC3CC3)CC2)C1. The van der Waals surface area contributed by atoms with Gasteiger partial charge in [-0.1, -0.05) is 0 Å². The van der Waals surface area contributed by atoms with Gasteiger partial charge in [0.2, 0.25) is 0 Å². The zero-order valence-corrected chi connectivity index (χ0v) is 11.7. The van der Waals surface area contributed by atoms with Crippen molar-refractivity contribution in [1.82, 2.24) is 15.1 Å². The van der Waals surface area contributed by atoms with E-state index in [9.17, 15) is 0 Å². The smallest absolute Gasteiger partial charge is 0.0110 e. The van der Waals surface area contributed by atoms with Gasteiger partial charge in [0, 0.05) is 38.8 Å². The van der Waals surface area contributed by atoms with E-state index in [1.54, 1.807) is 0 Å². The molecule has 0 aromatic carbocycles. The number of hydrogen-bond acceptors (Lipinski definition) is 3. The van der Waals surface area contributed by atoms with Crippen LogP contribution in [-0.2, 0) is 0 Å². The predicted octanol–water partition coefficient (Wildman–Crippen LogP) is 1.55. The lowest BCUT2D eigenvalue weighted by atomic mass is 10.1. The first-order valence-corrected chi connectivity index (χ1v) is 8.08. The largest absolute Gasteiger partial charge is 0.314 e. The summed E-state index contributed by atoms with van der Waals surface area (Å²) in [5.74, 6) is 1.06. The summed E-state index contributed by atoms with van der Waals surface area (Å²) in [6, 6.07) is 0.834. The van der Waals surface area contributed by atoms with Crippen molar-refractivity contribution in [2.45, 2.75) is 44.6 Å². The maximum Gasteiger partial charge on any atom is 0.0110 e. The lowest BCUT2D eigenvalue weighted by Gasteiger charge is -2.34. The molecule has 1 atom stereocenters. The molecule has 2 aliphatic heterocycles. The molecular weight excluding hydrogens is 222 g/mol. The van der Waals surface area contributed by atoms with Crippen molar-refractivity contribution >= 4 is 0 Å². The molecule has 3 heteroatoms. The highest BCUT2D eigenvalue weighted by atomic mass is 15.3. The molecule has 18 heavy (non-hydrogen) atoms. The Labute approximate surface area is 112 Å². The molecule has 1 unspecified atom stereocenters. The van der Waals surface area contributed by atoms with E-state index in [-0.39, 0.29) is 0 Å². The second kappa shape index (κ2) is 6.36. The summed E-state index contributed by atoms with van der Waals surface area (Å²) in [5.41, 5.74) is 0. The van der Waals surface area contributed by atoms with Crippen LogP contribution < -0.4 is 5.32 Å². The van der Waals surface area contributed by atoms with Crippen molar-refractivity contribution in [3.63, 3.8) is 0 Å². The molecule has 0 aromatic heterocycles. The van der Waals surface area contributed by atoms with Crippen molar-refractivity contribution in [2.24, 2.45) is 5.92 Å². The number of nitrogens with zero attached hydrogens (tertiary/aromatic N) is 2. The summed E-state index contributed by atoms with van der Waals surface area (Å²) in [6.07, 6.45) is 8.57. The topological polar surface area (TPSA) is 18.5 Å². The third kappa shape index (κ3) is 3.94. The zero-order chi connectivity index (χ0) is 12.2. The second-order valence-corrected chi connectivity index (χ2v) is 6.52. The highest BCUT2D eigenvalue weighted by Crippen LogP contribution is 2.29. The van der Waals surface area contributed by atoms with Crippen LogP contribution in [0.15, 0.2) is 0 Å². The van der Waals surface area contributed by atoms with Gasteiger partial charge in [-0.25, -0.2) is 0 Å². The molecule has 2 saturated heterocycles. The molecule has 0 aromatic rings. The summed E-state index contributed by atoms with van der Waals surface area (Å²) >= 11 is 0. The first kappa shape index (κ1) is 12.9. The van der Waals surface area contributed by atoms with Gasteiger partial charge in [-0.05, 0) is 57.5 Å². The van der Waals surface area contributed by atoms with Crippen molar-refractivity contribution in [3.8, 4) is 0 Å². The lowest BCUT2D eigenvalue weighted by Crippen LogP contribution is -2.47. The van der Waals surface area contributed by atoms with Crippen molar-refractivity contribution in [2.75, 3.05) is 45.8 Å². The van der Waals surface area contributed by atoms with Crippen molar-refractivity contribution in [1.29, 1.82) is 0 Å². The number of piperazine rings is 1. The summed E-state index contributed by atoms with van der Waals surface area (Å²) in [7, 11) is 0. The summed E-state index contributed by atoms with van der Waals surface area (Å²) in [6.45, 7) is 9.23. The normalized spacial score (nSPS) is 31.0. The molecule has 0 bridgehead atoms. The number of hydrogen-bond donors (Lipinski definition) is 1. The van der Waals surface area contributed by atoms with Crippen molar-refractivity contribution < 1.29 is 0 Å². The molecule has 3 rings (SSSR count). The third-order valence-electron chi connectivity index (χ3n) is 4.87.